The summed E-state index contributed by atoms with van der Waals surface area (Å²) in [4.78, 5) is 24.7. The lowest BCUT2D eigenvalue weighted by Gasteiger charge is -2.14. The highest BCUT2D eigenvalue weighted by molar-refractivity contribution is 5.88. The lowest BCUT2D eigenvalue weighted by Crippen LogP contribution is -2.14. The van der Waals surface area contributed by atoms with Crippen LogP contribution >= 0.6 is 0 Å². The Morgan fingerprint density at radius 3 is 1.86 bits per heavy atom. The number of aromatic nitrogens is 2. The smallest absolute Gasteiger partial charge is 0.309 e. The van der Waals surface area contributed by atoms with E-state index < -0.39 is 0 Å². The number of esters is 2. The largest absolute Gasteiger partial charge is 0.497 e. The molecule has 0 spiro atoms. The second-order valence-corrected chi connectivity index (χ2v) is 11.4. The van der Waals surface area contributed by atoms with E-state index in [1.165, 1.54) is 0 Å². The molecule has 6 rings (SSSR count). The number of rotatable bonds is 11. The van der Waals surface area contributed by atoms with E-state index in [0.29, 0.717) is 34.4 Å². The predicted molar refractivity (Wildman–Crippen MR) is 159 cm³/mol. The van der Waals surface area contributed by atoms with E-state index in [9.17, 15) is 9.59 Å². The van der Waals surface area contributed by atoms with Crippen molar-refractivity contribution < 1.29 is 37.6 Å². The molecule has 2 aromatic carbocycles. The molecule has 2 aromatic heterocycles. The van der Waals surface area contributed by atoms with Crippen molar-refractivity contribution in [3.63, 3.8) is 0 Å². The van der Waals surface area contributed by atoms with Crippen molar-refractivity contribution in [2.24, 2.45) is 11.8 Å². The minimum Gasteiger partial charge on any atom is -0.497 e. The molecule has 44 heavy (non-hydrogen) atoms. The van der Waals surface area contributed by atoms with Gasteiger partial charge in [-0.3, -0.25) is 9.59 Å². The normalized spacial score (nSPS) is 15.4. The Morgan fingerprint density at radius 1 is 0.682 bits per heavy atom. The lowest BCUT2D eigenvalue weighted by molar-refractivity contribution is -0.151. The third kappa shape index (κ3) is 6.49. The van der Waals surface area contributed by atoms with Crippen molar-refractivity contribution >= 4 is 11.9 Å². The highest BCUT2D eigenvalue weighted by atomic mass is 16.6. The number of hydrogen-bond donors (Lipinski definition) is 0. The lowest BCUT2D eigenvalue weighted by atomic mass is 9.94. The van der Waals surface area contributed by atoms with Crippen LogP contribution in [-0.4, -0.2) is 36.5 Å². The first-order valence-corrected chi connectivity index (χ1v) is 15.1. The van der Waals surface area contributed by atoms with Gasteiger partial charge in [0.2, 0.25) is 0 Å². The van der Waals surface area contributed by atoms with Gasteiger partial charge in [-0.25, -0.2) is 0 Å². The molecular weight excluding hydrogens is 564 g/mol. The Labute approximate surface area is 255 Å². The van der Waals surface area contributed by atoms with E-state index in [2.05, 4.69) is 10.3 Å². The molecule has 0 bridgehead atoms. The summed E-state index contributed by atoms with van der Waals surface area (Å²) >= 11 is 0. The fourth-order valence-electron chi connectivity index (χ4n) is 6.04. The number of carbonyl (C=O) groups excluding carboxylic acids is 2. The van der Waals surface area contributed by atoms with E-state index in [0.717, 1.165) is 73.6 Å². The molecule has 0 atom stereocenters. The summed E-state index contributed by atoms with van der Waals surface area (Å²) in [5, 5.41) is 8.52. The van der Waals surface area contributed by atoms with Crippen LogP contribution in [0.25, 0.3) is 33.6 Å². The molecule has 0 radical (unpaired) electrons. The van der Waals surface area contributed by atoms with E-state index >= 15 is 0 Å². The fraction of sp³-hybridized carbons (Fsp3) is 0.412. The van der Waals surface area contributed by atoms with Gasteiger partial charge in [0.1, 0.15) is 22.9 Å². The van der Waals surface area contributed by atoms with Crippen LogP contribution in [0.2, 0.25) is 0 Å². The van der Waals surface area contributed by atoms with Crippen LogP contribution < -0.4 is 9.47 Å². The van der Waals surface area contributed by atoms with Crippen LogP contribution in [0.5, 0.6) is 11.5 Å². The molecule has 0 unspecified atom stereocenters. The molecule has 10 heteroatoms. The Kier molecular flexibility index (Phi) is 8.95. The molecule has 2 saturated carbocycles. The van der Waals surface area contributed by atoms with E-state index in [4.69, 9.17) is 28.0 Å². The summed E-state index contributed by atoms with van der Waals surface area (Å²) in [5.41, 5.74) is 4.30. The zero-order chi connectivity index (χ0) is 30.5. The van der Waals surface area contributed by atoms with Crippen LogP contribution in [0.15, 0.2) is 57.6 Å². The average Bonchev–Trinajstić information content (AvgIpc) is 3.89. The Morgan fingerprint density at radius 2 is 1.27 bits per heavy atom. The molecule has 230 valence electrons. The minimum atomic E-state index is -0.185. The first-order chi connectivity index (χ1) is 21.5. The van der Waals surface area contributed by atoms with Crippen LogP contribution in [0, 0.1) is 11.8 Å². The zero-order valence-electron chi connectivity index (χ0n) is 25.0. The summed E-state index contributed by atoms with van der Waals surface area (Å²) in [5.74, 6) is 1.79. The van der Waals surface area contributed by atoms with Gasteiger partial charge < -0.3 is 28.0 Å². The second kappa shape index (κ2) is 13.4. The van der Waals surface area contributed by atoms with Crippen molar-refractivity contribution in [2.45, 2.75) is 64.6 Å². The summed E-state index contributed by atoms with van der Waals surface area (Å²) in [6.07, 6.45) is 7.76. The third-order valence-electron chi connectivity index (χ3n) is 8.50. The summed E-state index contributed by atoms with van der Waals surface area (Å²) in [6, 6.07) is 14.9. The van der Waals surface area contributed by atoms with Crippen LogP contribution in [0.1, 0.15) is 62.9 Å². The van der Waals surface area contributed by atoms with Crippen LogP contribution in [0.4, 0.5) is 0 Å². The maximum atomic E-state index is 12.4. The van der Waals surface area contributed by atoms with Gasteiger partial charge in [0.25, 0.3) is 0 Å². The molecule has 10 nitrogen and oxygen atoms in total. The number of carbonyl (C=O) groups is 2. The first-order valence-electron chi connectivity index (χ1n) is 15.1. The first kappa shape index (κ1) is 29.5. The number of ether oxygens (including phenoxy) is 4. The van der Waals surface area contributed by atoms with Gasteiger partial charge in [0.15, 0.2) is 24.7 Å². The Hall–Kier alpha value is -4.60. The molecular formula is C34H36N2O8. The van der Waals surface area contributed by atoms with Crippen molar-refractivity contribution in [2.75, 3.05) is 14.2 Å². The summed E-state index contributed by atoms with van der Waals surface area (Å²) < 4.78 is 33.4. The standard InChI is InChI=1S/C34H36N2O8/c1-39-24-12-13-27(31-18-26(44-36-31)20-42-34(38)22-9-5-6-10-22)28(16-24)29-15-23(11-14-32(29)40-2)30-17-25(43-35-30)19-41-33(37)21-7-3-4-8-21/h11-18,21-22H,3-10,19-20H2,1-2H3. The van der Waals surface area contributed by atoms with Gasteiger partial charge >= 0.3 is 11.9 Å². The molecule has 2 fully saturated rings. The SMILES string of the molecule is COc1ccc(-c2cc(COC(=O)C3CCCC3)on2)c(-c2cc(-c3cc(COC(=O)C4CCCC4)on3)ccc2OC)c1. The van der Waals surface area contributed by atoms with Crippen molar-refractivity contribution in [1.82, 2.24) is 10.3 Å². The molecule has 0 aliphatic heterocycles. The monoisotopic (exact) mass is 600 g/mol. The Balaban J connectivity index is 1.25. The van der Waals surface area contributed by atoms with E-state index in [-0.39, 0.29) is 37.0 Å². The fourth-order valence-corrected chi connectivity index (χ4v) is 6.04. The van der Waals surface area contributed by atoms with Gasteiger partial charge in [-0.05, 0) is 67.6 Å². The van der Waals surface area contributed by atoms with Crippen molar-refractivity contribution in [3.8, 4) is 45.1 Å². The topological polar surface area (TPSA) is 123 Å². The number of methoxy groups -OCH3 is 2. The highest BCUT2D eigenvalue weighted by Crippen LogP contribution is 2.41. The number of hydrogen-bond acceptors (Lipinski definition) is 10. The predicted octanol–water partition coefficient (Wildman–Crippen LogP) is 7.15. The molecule has 2 heterocycles. The quantitative estimate of drug-likeness (QED) is 0.164. The van der Waals surface area contributed by atoms with E-state index in [1.54, 1.807) is 26.4 Å². The van der Waals surface area contributed by atoms with Crippen molar-refractivity contribution in [1.29, 1.82) is 0 Å². The Bertz CT molecular complexity index is 1610. The van der Waals surface area contributed by atoms with Gasteiger partial charge in [0, 0.05) is 28.8 Å². The van der Waals surface area contributed by atoms with Gasteiger partial charge in [-0.15, -0.1) is 0 Å². The van der Waals surface area contributed by atoms with Crippen LogP contribution in [0.3, 0.4) is 0 Å². The highest BCUT2D eigenvalue weighted by Gasteiger charge is 2.26. The van der Waals surface area contributed by atoms with Crippen LogP contribution in [-0.2, 0) is 32.3 Å². The second-order valence-electron chi connectivity index (χ2n) is 11.4. The minimum absolute atomic E-state index is 0.0219. The number of benzene rings is 2. The zero-order valence-corrected chi connectivity index (χ0v) is 25.0. The third-order valence-corrected chi connectivity index (χ3v) is 8.50. The molecule has 0 saturated heterocycles. The van der Waals surface area contributed by atoms with Gasteiger partial charge in [-0.2, -0.15) is 0 Å². The summed E-state index contributed by atoms with van der Waals surface area (Å²) in [7, 11) is 3.22. The maximum Gasteiger partial charge on any atom is 0.309 e. The average molecular weight is 601 g/mol. The van der Waals surface area contributed by atoms with E-state index in [1.807, 2.05) is 36.4 Å². The van der Waals surface area contributed by atoms with Crippen molar-refractivity contribution in [3.05, 3.63) is 60.1 Å². The van der Waals surface area contributed by atoms with Gasteiger partial charge in [0.05, 0.1) is 26.1 Å². The maximum absolute atomic E-state index is 12.4. The molecule has 2 aliphatic carbocycles. The summed E-state index contributed by atoms with van der Waals surface area (Å²) in [6.45, 7) is 0.0624. The molecule has 4 aromatic rings. The molecule has 2 aliphatic rings. The molecule has 0 amide bonds. The number of nitrogens with zero attached hydrogens (tertiary/aromatic N) is 2. The van der Waals surface area contributed by atoms with Gasteiger partial charge in [-0.1, -0.05) is 36.0 Å². The molecule has 0 N–H and O–H groups in total.